The minimum absolute atomic E-state index is 0.258. The third-order valence-corrected chi connectivity index (χ3v) is 4.28. The van der Waals surface area contributed by atoms with Crippen LogP contribution in [0.25, 0.3) is 0 Å². The molecule has 10 heteroatoms. The molecule has 0 aromatic heterocycles. The Balaban J connectivity index is 2.48. The Hall–Kier alpha value is -0.730. The minimum Gasteiger partial charge on any atom is -0.378 e. The number of hydrogen-bond acceptors (Lipinski definition) is 6. The second-order valence-corrected chi connectivity index (χ2v) is 6.08. The van der Waals surface area contributed by atoms with Crippen LogP contribution in [0.4, 0.5) is 0 Å². The Kier molecular flexibility index (Phi) is 6.58. The van der Waals surface area contributed by atoms with Gasteiger partial charge in [-0.05, 0) is 6.42 Å². The number of allylic oxidation sites excluding steroid dienone is 1. The molecule has 0 aromatic carbocycles. The number of hydrogen-bond donors (Lipinski definition) is 0. The number of nitro groups is 1. The van der Waals surface area contributed by atoms with Crippen molar-refractivity contribution >= 4 is 34.8 Å². The summed E-state index contributed by atoms with van der Waals surface area (Å²) in [6.07, 6.45) is 0.773. The molecule has 0 spiro atoms. The fourth-order valence-corrected chi connectivity index (χ4v) is 2.72. The molecule has 2 fully saturated rings. The summed E-state index contributed by atoms with van der Waals surface area (Å²) in [7, 11) is 0. The van der Waals surface area contributed by atoms with Crippen molar-refractivity contribution in [1.29, 1.82) is 0 Å². The van der Waals surface area contributed by atoms with Crippen LogP contribution in [0.5, 0.6) is 0 Å². The summed E-state index contributed by atoms with van der Waals surface area (Å²) in [5.74, 6) is 0.372. The van der Waals surface area contributed by atoms with E-state index in [1.807, 2.05) is 4.90 Å². The lowest BCUT2D eigenvalue weighted by Crippen LogP contribution is -2.46. The standard InChI is InChI=1S/C12H16Cl3N3O4/c13-9(11(14)15)10(18(19)20)12(16-3-6-21-7-4-16)17-2-1-5-22-8-17/h1-8H2. The van der Waals surface area contributed by atoms with Crippen molar-refractivity contribution in [2.45, 2.75) is 6.42 Å². The van der Waals surface area contributed by atoms with Gasteiger partial charge in [-0.25, -0.2) is 0 Å². The van der Waals surface area contributed by atoms with Crippen LogP contribution >= 0.6 is 34.8 Å². The van der Waals surface area contributed by atoms with Crippen molar-refractivity contribution in [3.63, 3.8) is 0 Å². The fourth-order valence-electron chi connectivity index (χ4n) is 2.39. The van der Waals surface area contributed by atoms with Gasteiger partial charge in [0.1, 0.15) is 11.2 Å². The molecule has 0 aromatic rings. The van der Waals surface area contributed by atoms with E-state index in [9.17, 15) is 10.1 Å². The average Bonchev–Trinajstić information content (AvgIpc) is 2.53. The molecule has 2 aliphatic rings. The van der Waals surface area contributed by atoms with Gasteiger partial charge in [-0.2, -0.15) is 0 Å². The van der Waals surface area contributed by atoms with E-state index in [1.165, 1.54) is 0 Å². The van der Waals surface area contributed by atoms with Crippen LogP contribution in [-0.4, -0.2) is 60.9 Å². The number of halogens is 3. The Morgan fingerprint density at radius 1 is 1.00 bits per heavy atom. The lowest BCUT2D eigenvalue weighted by molar-refractivity contribution is -0.423. The van der Waals surface area contributed by atoms with E-state index >= 15 is 0 Å². The molecule has 2 aliphatic heterocycles. The highest BCUT2D eigenvalue weighted by atomic mass is 35.5. The van der Waals surface area contributed by atoms with Crippen LogP contribution < -0.4 is 0 Å². The maximum absolute atomic E-state index is 11.6. The van der Waals surface area contributed by atoms with E-state index in [-0.39, 0.29) is 22.0 Å². The summed E-state index contributed by atoms with van der Waals surface area (Å²) in [6, 6.07) is 0. The van der Waals surface area contributed by atoms with E-state index in [1.54, 1.807) is 4.90 Å². The first-order valence-corrected chi connectivity index (χ1v) is 7.91. The molecular formula is C12H16Cl3N3O4. The van der Waals surface area contributed by atoms with E-state index in [2.05, 4.69) is 0 Å². The average molecular weight is 373 g/mol. The van der Waals surface area contributed by atoms with Crippen molar-refractivity contribution in [3.05, 3.63) is 31.2 Å². The van der Waals surface area contributed by atoms with Crippen LogP contribution in [0.2, 0.25) is 0 Å². The number of ether oxygens (including phenoxy) is 2. The van der Waals surface area contributed by atoms with E-state index in [4.69, 9.17) is 44.3 Å². The molecular weight excluding hydrogens is 357 g/mol. The summed E-state index contributed by atoms with van der Waals surface area (Å²) < 4.78 is 10.4. The van der Waals surface area contributed by atoms with Crippen LogP contribution in [0.15, 0.2) is 21.0 Å². The zero-order chi connectivity index (χ0) is 16.1. The van der Waals surface area contributed by atoms with Gasteiger partial charge in [0.05, 0.1) is 24.7 Å². The van der Waals surface area contributed by atoms with Crippen molar-refractivity contribution < 1.29 is 14.4 Å². The first-order chi connectivity index (χ1) is 10.5. The van der Waals surface area contributed by atoms with E-state index in [0.717, 1.165) is 6.42 Å². The molecule has 0 unspecified atom stereocenters. The zero-order valence-electron chi connectivity index (χ0n) is 11.8. The molecule has 0 atom stereocenters. The quantitative estimate of drug-likeness (QED) is 0.429. The first-order valence-electron chi connectivity index (χ1n) is 6.77. The minimum atomic E-state index is -0.563. The maximum atomic E-state index is 11.6. The van der Waals surface area contributed by atoms with Gasteiger partial charge in [0, 0.05) is 19.6 Å². The van der Waals surface area contributed by atoms with Crippen molar-refractivity contribution in [2.24, 2.45) is 0 Å². The highest BCUT2D eigenvalue weighted by Crippen LogP contribution is 2.31. The molecule has 7 nitrogen and oxygen atoms in total. The third-order valence-electron chi connectivity index (χ3n) is 3.34. The summed E-state index contributed by atoms with van der Waals surface area (Å²) in [4.78, 5) is 14.6. The number of morpholine rings is 1. The molecule has 22 heavy (non-hydrogen) atoms. The van der Waals surface area contributed by atoms with Crippen LogP contribution in [-0.2, 0) is 9.47 Å². The van der Waals surface area contributed by atoms with Gasteiger partial charge in [0.25, 0.3) is 0 Å². The van der Waals surface area contributed by atoms with Crippen LogP contribution in [0.3, 0.4) is 0 Å². The Bertz CT molecular complexity index is 462. The molecule has 2 saturated heterocycles. The highest BCUT2D eigenvalue weighted by molar-refractivity contribution is 6.59. The van der Waals surface area contributed by atoms with E-state index < -0.39 is 4.92 Å². The van der Waals surface area contributed by atoms with Crippen LogP contribution in [0.1, 0.15) is 6.42 Å². The monoisotopic (exact) mass is 371 g/mol. The Morgan fingerprint density at radius 2 is 1.68 bits per heavy atom. The predicted molar refractivity (Wildman–Crippen MR) is 83.1 cm³/mol. The topological polar surface area (TPSA) is 68.1 Å². The van der Waals surface area contributed by atoms with Gasteiger partial charge >= 0.3 is 5.70 Å². The zero-order valence-corrected chi connectivity index (χ0v) is 14.0. The molecule has 0 radical (unpaired) electrons. The van der Waals surface area contributed by atoms with Gasteiger partial charge in [-0.15, -0.1) is 0 Å². The van der Waals surface area contributed by atoms with Crippen molar-refractivity contribution in [2.75, 3.05) is 46.2 Å². The number of nitrogens with zero attached hydrogens (tertiary/aromatic N) is 3. The van der Waals surface area contributed by atoms with Crippen molar-refractivity contribution in [1.82, 2.24) is 9.80 Å². The SMILES string of the molecule is O=[N+]([O-])C(C(Cl)=C(Cl)Cl)=C(N1CCOCC1)N1CCCOC1. The molecule has 0 amide bonds. The first kappa shape index (κ1) is 17.6. The summed E-state index contributed by atoms with van der Waals surface area (Å²) >= 11 is 17.3. The Morgan fingerprint density at radius 3 is 2.18 bits per heavy atom. The van der Waals surface area contributed by atoms with Gasteiger partial charge in [0.2, 0.25) is 0 Å². The lowest BCUT2D eigenvalue weighted by Gasteiger charge is -2.38. The maximum Gasteiger partial charge on any atom is 0.330 e. The predicted octanol–water partition coefficient (Wildman–Crippen LogP) is 2.33. The molecule has 0 aliphatic carbocycles. The summed E-state index contributed by atoms with van der Waals surface area (Å²) in [5.41, 5.74) is -0.311. The molecule has 2 rings (SSSR count). The van der Waals surface area contributed by atoms with Gasteiger partial charge in [-0.1, -0.05) is 34.8 Å². The molecule has 0 N–H and O–H groups in total. The molecule has 0 bridgehead atoms. The highest BCUT2D eigenvalue weighted by Gasteiger charge is 2.34. The molecule has 2 heterocycles. The van der Waals surface area contributed by atoms with E-state index in [0.29, 0.717) is 45.3 Å². The fraction of sp³-hybridized carbons (Fsp3) is 0.667. The summed E-state index contributed by atoms with van der Waals surface area (Å²) in [5, 5.41) is 11.3. The second kappa shape index (κ2) is 8.21. The second-order valence-electron chi connectivity index (χ2n) is 4.76. The molecule has 0 saturated carbocycles. The largest absolute Gasteiger partial charge is 0.378 e. The van der Waals surface area contributed by atoms with Gasteiger partial charge < -0.3 is 19.3 Å². The van der Waals surface area contributed by atoms with Crippen molar-refractivity contribution in [3.8, 4) is 0 Å². The van der Waals surface area contributed by atoms with Crippen LogP contribution in [0, 0.1) is 10.1 Å². The summed E-state index contributed by atoms with van der Waals surface area (Å²) in [6.45, 7) is 3.53. The smallest absolute Gasteiger partial charge is 0.330 e. The lowest BCUT2D eigenvalue weighted by atomic mass is 10.3. The Labute approximate surface area is 143 Å². The number of rotatable bonds is 4. The normalized spacial score (nSPS) is 20.5. The molecule has 124 valence electrons. The third kappa shape index (κ3) is 4.17. The van der Waals surface area contributed by atoms with Gasteiger partial charge in [-0.3, -0.25) is 10.1 Å². The van der Waals surface area contributed by atoms with Gasteiger partial charge in [0.15, 0.2) is 10.9 Å².